The zero-order chi connectivity index (χ0) is 17.2. The lowest BCUT2D eigenvalue weighted by Crippen LogP contribution is -2.28. The highest BCUT2D eigenvalue weighted by Crippen LogP contribution is 2.28. The largest absolute Gasteiger partial charge is 0.417 e. The Balaban J connectivity index is 2.18. The van der Waals surface area contributed by atoms with Gasteiger partial charge in [0.2, 0.25) is 5.91 Å². The summed E-state index contributed by atoms with van der Waals surface area (Å²) in [5, 5.41) is 2.60. The lowest BCUT2D eigenvalue weighted by atomic mass is 10.3. The minimum Gasteiger partial charge on any atom is -0.308 e. The number of hydrogen-bond acceptors (Lipinski definition) is 3. The van der Waals surface area contributed by atoms with Gasteiger partial charge in [-0.1, -0.05) is 23.2 Å². The molecule has 0 bridgehead atoms. The molecule has 0 unspecified atom stereocenters. The van der Waals surface area contributed by atoms with Crippen LogP contribution in [0.5, 0.6) is 0 Å². The summed E-state index contributed by atoms with van der Waals surface area (Å²) in [6.07, 6.45) is -2.81. The predicted octanol–water partition coefficient (Wildman–Crippen LogP) is 3.21. The Hall–Kier alpha value is -2.06. The minimum absolute atomic E-state index is 0.0129. The number of carbonyl (C=O) groups excluding carboxylic acids is 1. The summed E-state index contributed by atoms with van der Waals surface area (Å²) < 4.78 is 38.5. The topological polar surface area (TPSA) is 64.0 Å². The first kappa shape index (κ1) is 17.3. The van der Waals surface area contributed by atoms with Crippen LogP contribution in [-0.2, 0) is 17.5 Å². The molecule has 10 heteroatoms. The standard InChI is InChI=1S/C13H8Cl2F3N3O2/c14-8-3-9(15)12(19-4-8)20-10(22)6-21-5-7(13(16,17)18)1-2-11(21)23/h1-5H,6H2,(H,19,20,22). The molecule has 1 N–H and O–H groups in total. The van der Waals surface area contributed by atoms with Gasteiger partial charge in [0.1, 0.15) is 6.54 Å². The van der Waals surface area contributed by atoms with Gasteiger partial charge >= 0.3 is 6.18 Å². The second kappa shape index (κ2) is 6.59. The molecule has 122 valence electrons. The van der Waals surface area contributed by atoms with Gasteiger partial charge in [-0.2, -0.15) is 13.2 Å². The van der Waals surface area contributed by atoms with Gasteiger partial charge in [0.25, 0.3) is 5.56 Å². The number of nitrogens with one attached hydrogen (secondary N) is 1. The summed E-state index contributed by atoms with van der Waals surface area (Å²) in [5.41, 5.74) is -1.78. The molecule has 0 aliphatic rings. The zero-order valence-corrected chi connectivity index (χ0v) is 12.7. The fraction of sp³-hybridized carbons (Fsp3) is 0.154. The number of anilines is 1. The van der Waals surface area contributed by atoms with Crippen LogP contribution >= 0.6 is 23.2 Å². The van der Waals surface area contributed by atoms with Crippen LogP contribution in [0.15, 0.2) is 35.4 Å². The second-order valence-electron chi connectivity index (χ2n) is 4.41. The zero-order valence-electron chi connectivity index (χ0n) is 11.2. The molecule has 23 heavy (non-hydrogen) atoms. The molecule has 0 spiro atoms. The Kier molecular flexibility index (Phi) is 4.96. The van der Waals surface area contributed by atoms with Gasteiger partial charge in [0, 0.05) is 18.5 Å². The van der Waals surface area contributed by atoms with Crippen molar-refractivity contribution in [3.8, 4) is 0 Å². The number of nitrogens with zero attached hydrogens (tertiary/aromatic N) is 2. The van der Waals surface area contributed by atoms with Gasteiger partial charge < -0.3 is 9.88 Å². The molecule has 0 saturated heterocycles. The highest BCUT2D eigenvalue weighted by molar-refractivity contribution is 6.36. The average molecular weight is 366 g/mol. The van der Waals surface area contributed by atoms with Gasteiger partial charge in [-0.25, -0.2) is 4.98 Å². The van der Waals surface area contributed by atoms with Crippen molar-refractivity contribution < 1.29 is 18.0 Å². The second-order valence-corrected chi connectivity index (χ2v) is 5.26. The van der Waals surface area contributed by atoms with E-state index >= 15 is 0 Å². The van der Waals surface area contributed by atoms with Crippen molar-refractivity contribution >= 4 is 34.9 Å². The summed E-state index contributed by atoms with van der Waals surface area (Å²) in [6.45, 7) is -0.622. The third kappa shape index (κ3) is 4.46. The minimum atomic E-state index is -4.62. The molecule has 2 aromatic heterocycles. The summed E-state index contributed by atoms with van der Waals surface area (Å²) in [7, 11) is 0. The molecule has 0 aliphatic carbocycles. The molecule has 0 saturated carbocycles. The highest BCUT2D eigenvalue weighted by atomic mass is 35.5. The fourth-order valence-electron chi connectivity index (χ4n) is 1.66. The number of carbonyl (C=O) groups is 1. The third-order valence-electron chi connectivity index (χ3n) is 2.69. The molecule has 0 aliphatic heterocycles. The summed E-state index contributed by atoms with van der Waals surface area (Å²) >= 11 is 11.5. The SMILES string of the molecule is O=C(Cn1cc(C(F)(F)F)ccc1=O)Nc1ncc(Cl)cc1Cl. The first-order valence-electron chi connectivity index (χ1n) is 6.05. The third-order valence-corrected chi connectivity index (χ3v) is 3.19. The number of pyridine rings is 2. The molecular formula is C13H8Cl2F3N3O2. The van der Waals surface area contributed by atoms with E-state index < -0.39 is 29.8 Å². The van der Waals surface area contributed by atoms with Gasteiger partial charge in [0.05, 0.1) is 15.6 Å². The van der Waals surface area contributed by atoms with E-state index in [1.807, 2.05) is 0 Å². The van der Waals surface area contributed by atoms with Crippen molar-refractivity contribution in [2.75, 3.05) is 5.32 Å². The highest BCUT2D eigenvalue weighted by Gasteiger charge is 2.31. The van der Waals surface area contributed by atoms with E-state index in [1.165, 1.54) is 12.3 Å². The molecule has 2 aromatic rings. The maximum atomic E-state index is 12.6. The van der Waals surface area contributed by atoms with E-state index in [1.54, 1.807) is 0 Å². The van der Waals surface area contributed by atoms with E-state index in [0.29, 0.717) is 16.8 Å². The van der Waals surface area contributed by atoms with E-state index in [4.69, 9.17) is 23.2 Å². The Morgan fingerprint density at radius 1 is 1.30 bits per heavy atom. The van der Waals surface area contributed by atoms with Gasteiger partial charge in [0.15, 0.2) is 5.82 Å². The van der Waals surface area contributed by atoms with E-state index in [-0.39, 0.29) is 15.9 Å². The van der Waals surface area contributed by atoms with Crippen LogP contribution in [0, 0.1) is 0 Å². The molecule has 0 fully saturated rings. The number of aromatic nitrogens is 2. The number of alkyl halides is 3. The first-order valence-corrected chi connectivity index (χ1v) is 6.81. The molecular weight excluding hydrogens is 358 g/mol. The van der Waals surface area contributed by atoms with Gasteiger partial charge in [-0.05, 0) is 12.1 Å². The quantitative estimate of drug-likeness (QED) is 0.908. The van der Waals surface area contributed by atoms with E-state index in [9.17, 15) is 22.8 Å². The predicted molar refractivity (Wildman–Crippen MR) is 78.6 cm³/mol. The Labute approximate surface area is 137 Å². The number of hydrogen-bond donors (Lipinski definition) is 1. The number of rotatable bonds is 3. The Morgan fingerprint density at radius 2 is 2.00 bits per heavy atom. The number of halogens is 5. The molecule has 2 heterocycles. The smallest absolute Gasteiger partial charge is 0.308 e. The van der Waals surface area contributed by atoms with Crippen molar-refractivity contribution in [1.82, 2.24) is 9.55 Å². The molecule has 0 aromatic carbocycles. The van der Waals surface area contributed by atoms with Crippen LogP contribution in [0.3, 0.4) is 0 Å². The van der Waals surface area contributed by atoms with Crippen LogP contribution in [0.2, 0.25) is 10.0 Å². The maximum Gasteiger partial charge on any atom is 0.417 e. The fourth-order valence-corrected chi connectivity index (χ4v) is 2.08. The maximum absolute atomic E-state index is 12.6. The van der Waals surface area contributed by atoms with Crippen LogP contribution < -0.4 is 10.9 Å². The van der Waals surface area contributed by atoms with Crippen LogP contribution in [0.1, 0.15) is 5.56 Å². The van der Waals surface area contributed by atoms with Crippen molar-refractivity contribution in [2.24, 2.45) is 0 Å². The van der Waals surface area contributed by atoms with Crippen LogP contribution in [0.25, 0.3) is 0 Å². The first-order chi connectivity index (χ1) is 10.7. The van der Waals surface area contributed by atoms with Crippen molar-refractivity contribution in [3.63, 3.8) is 0 Å². The Bertz CT molecular complexity index is 806. The van der Waals surface area contributed by atoms with E-state index in [2.05, 4.69) is 10.3 Å². The normalized spacial score (nSPS) is 11.3. The monoisotopic (exact) mass is 365 g/mol. The summed E-state index contributed by atoms with van der Waals surface area (Å²) in [4.78, 5) is 27.2. The van der Waals surface area contributed by atoms with E-state index in [0.717, 1.165) is 6.07 Å². The van der Waals surface area contributed by atoms with Gasteiger partial charge in [-0.15, -0.1) is 0 Å². The molecule has 0 radical (unpaired) electrons. The van der Waals surface area contributed by atoms with Crippen molar-refractivity contribution in [2.45, 2.75) is 12.7 Å². The molecule has 5 nitrogen and oxygen atoms in total. The van der Waals surface area contributed by atoms with Crippen LogP contribution in [-0.4, -0.2) is 15.5 Å². The summed E-state index contributed by atoms with van der Waals surface area (Å²) in [6, 6.07) is 2.72. The average Bonchev–Trinajstić information content (AvgIpc) is 2.43. The van der Waals surface area contributed by atoms with Crippen molar-refractivity contribution in [1.29, 1.82) is 0 Å². The molecule has 0 atom stereocenters. The van der Waals surface area contributed by atoms with Crippen molar-refractivity contribution in [3.05, 3.63) is 56.6 Å². The van der Waals surface area contributed by atoms with Gasteiger partial charge in [-0.3, -0.25) is 9.59 Å². The lowest BCUT2D eigenvalue weighted by molar-refractivity contribution is -0.138. The molecule has 2 rings (SSSR count). The summed E-state index contributed by atoms with van der Waals surface area (Å²) in [5.74, 6) is -0.774. The van der Waals surface area contributed by atoms with Crippen LogP contribution in [0.4, 0.5) is 19.0 Å². The molecule has 1 amide bonds. The lowest BCUT2D eigenvalue weighted by Gasteiger charge is -2.11. The Morgan fingerprint density at radius 3 is 2.61 bits per heavy atom. The number of amides is 1.